The molecular formula is C23H18N2O3S2. The number of nitrogens with one attached hydrogen (secondary N) is 1. The number of rotatable bonds is 6. The lowest BCUT2D eigenvalue weighted by atomic mass is 10.1. The predicted octanol–water partition coefficient (Wildman–Crippen LogP) is 4.88. The summed E-state index contributed by atoms with van der Waals surface area (Å²) in [6.07, 6.45) is 1.71. The van der Waals surface area contributed by atoms with Crippen LogP contribution in [0.5, 0.6) is 0 Å². The molecule has 0 atom stereocenters. The van der Waals surface area contributed by atoms with E-state index < -0.39 is 0 Å². The van der Waals surface area contributed by atoms with Crippen LogP contribution in [0.1, 0.15) is 15.2 Å². The molecule has 0 bridgehead atoms. The first-order valence-corrected chi connectivity index (χ1v) is 11.0. The van der Waals surface area contributed by atoms with E-state index >= 15 is 0 Å². The van der Waals surface area contributed by atoms with Crippen molar-refractivity contribution in [3.8, 4) is 11.1 Å². The number of hydrogen-bond acceptors (Lipinski definition) is 5. The van der Waals surface area contributed by atoms with Gasteiger partial charge in [-0.05, 0) is 40.4 Å². The summed E-state index contributed by atoms with van der Waals surface area (Å²) < 4.78 is 0. The first kappa shape index (κ1) is 20.1. The van der Waals surface area contributed by atoms with E-state index in [9.17, 15) is 14.4 Å². The second-order valence-corrected chi connectivity index (χ2v) is 8.44. The fourth-order valence-electron chi connectivity index (χ4n) is 3.09. The third-order valence-corrected chi connectivity index (χ3v) is 6.37. The Hall–Kier alpha value is -3.16. The van der Waals surface area contributed by atoms with E-state index in [-0.39, 0.29) is 30.1 Å². The normalized spacial score (nSPS) is 15.1. The minimum absolute atomic E-state index is 0.134. The Morgan fingerprint density at radius 3 is 2.40 bits per heavy atom. The van der Waals surface area contributed by atoms with Crippen LogP contribution in [0, 0.1) is 0 Å². The Kier molecular flexibility index (Phi) is 6.11. The third-order valence-electron chi connectivity index (χ3n) is 4.55. The molecule has 0 spiro atoms. The largest absolute Gasteiger partial charge is 0.350 e. The van der Waals surface area contributed by atoms with E-state index in [4.69, 9.17) is 0 Å². The Labute approximate surface area is 182 Å². The predicted molar refractivity (Wildman–Crippen MR) is 121 cm³/mol. The second kappa shape index (κ2) is 9.11. The van der Waals surface area contributed by atoms with E-state index in [1.807, 2.05) is 72.1 Å². The molecule has 30 heavy (non-hydrogen) atoms. The molecule has 5 nitrogen and oxygen atoms in total. The lowest BCUT2D eigenvalue weighted by molar-refractivity contribution is -0.122. The van der Waals surface area contributed by atoms with Gasteiger partial charge in [-0.3, -0.25) is 19.3 Å². The Bertz CT molecular complexity index is 1110. The molecule has 1 aliphatic heterocycles. The molecule has 1 aromatic heterocycles. The topological polar surface area (TPSA) is 66.5 Å². The molecule has 7 heteroatoms. The number of thioether (sulfide) groups is 1. The van der Waals surface area contributed by atoms with E-state index in [0.29, 0.717) is 9.78 Å². The number of amides is 3. The number of nitrogens with zero attached hydrogens (tertiary/aromatic N) is 1. The summed E-state index contributed by atoms with van der Waals surface area (Å²) in [4.78, 5) is 39.6. The van der Waals surface area contributed by atoms with Crippen molar-refractivity contribution < 1.29 is 14.4 Å². The molecule has 0 radical (unpaired) electrons. The summed E-state index contributed by atoms with van der Waals surface area (Å²) in [7, 11) is 0. The zero-order valence-electron chi connectivity index (χ0n) is 15.9. The quantitative estimate of drug-likeness (QED) is 0.562. The van der Waals surface area contributed by atoms with Gasteiger partial charge in [0.15, 0.2) is 0 Å². The number of carbonyl (C=O) groups is 3. The van der Waals surface area contributed by atoms with Crippen molar-refractivity contribution >= 4 is 46.2 Å². The van der Waals surface area contributed by atoms with Gasteiger partial charge in [0, 0.05) is 18.7 Å². The van der Waals surface area contributed by atoms with E-state index in [2.05, 4.69) is 5.32 Å². The van der Waals surface area contributed by atoms with Gasteiger partial charge in [-0.1, -0.05) is 60.7 Å². The molecule has 2 heterocycles. The maximum atomic E-state index is 12.6. The van der Waals surface area contributed by atoms with Crippen molar-refractivity contribution in [1.29, 1.82) is 0 Å². The van der Waals surface area contributed by atoms with Crippen molar-refractivity contribution in [2.24, 2.45) is 0 Å². The SMILES string of the molecule is O=C(NCCN1C(=O)SC(=Cc2ccccc2)C1=O)c1sccc1-c1ccccc1. The van der Waals surface area contributed by atoms with Gasteiger partial charge in [0.2, 0.25) is 0 Å². The van der Waals surface area contributed by atoms with Crippen molar-refractivity contribution in [2.75, 3.05) is 13.1 Å². The average molecular weight is 435 g/mol. The highest BCUT2D eigenvalue weighted by atomic mass is 32.2. The van der Waals surface area contributed by atoms with Crippen molar-refractivity contribution in [2.45, 2.75) is 0 Å². The lowest BCUT2D eigenvalue weighted by Crippen LogP contribution is -2.37. The van der Waals surface area contributed by atoms with Crippen LogP contribution in [-0.4, -0.2) is 35.0 Å². The monoisotopic (exact) mass is 434 g/mol. The van der Waals surface area contributed by atoms with Crippen LogP contribution >= 0.6 is 23.1 Å². The van der Waals surface area contributed by atoms with Gasteiger partial charge in [0.25, 0.3) is 17.1 Å². The van der Waals surface area contributed by atoms with E-state index in [1.54, 1.807) is 6.08 Å². The molecule has 0 unspecified atom stereocenters. The zero-order chi connectivity index (χ0) is 20.9. The van der Waals surface area contributed by atoms with Gasteiger partial charge in [-0.2, -0.15) is 0 Å². The lowest BCUT2D eigenvalue weighted by Gasteiger charge is -2.13. The van der Waals surface area contributed by atoms with Gasteiger partial charge in [-0.25, -0.2) is 0 Å². The molecule has 3 amide bonds. The van der Waals surface area contributed by atoms with Gasteiger partial charge in [0.05, 0.1) is 9.78 Å². The van der Waals surface area contributed by atoms with Crippen LogP contribution in [0.2, 0.25) is 0 Å². The van der Waals surface area contributed by atoms with Crippen LogP contribution in [0.3, 0.4) is 0 Å². The van der Waals surface area contributed by atoms with Crippen LogP contribution in [0.4, 0.5) is 4.79 Å². The number of thiophene rings is 1. The molecule has 1 fully saturated rings. The molecule has 2 aromatic carbocycles. The molecule has 1 aliphatic rings. The van der Waals surface area contributed by atoms with Crippen LogP contribution < -0.4 is 5.32 Å². The minimum atomic E-state index is -0.329. The Morgan fingerprint density at radius 2 is 1.67 bits per heavy atom. The second-order valence-electron chi connectivity index (χ2n) is 6.53. The summed E-state index contributed by atoms with van der Waals surface area (Å²) in [5.41, 5.74) is 2.71. The smallest absolute Gasteiger partial charge is 0.293 e. The number of imide groups is 1. The zero-order valence-corrected chi connectivity index (χ0v) is 17.5. The highest BCUT2D eigenvalue weighted by Crippen LogP contribution is 2.32. The van der Waals surface area contributed by atoms with Crippen LogP contribution in [0.15, 0.2) is 77.0 Å². The number of carbonyl (C=O) groups excluding carboxylic acids is 3. The molecule has 3 aromatic rings. The Morgan fingerprint density at radius 1 is 0.967 bits per heavy atom. The Balaban J connectivity index is 1.38. The van der Waals surface area contributed by atoms with Gasteiger partial charge < -0.3 is 5.32 Å². The highest BCUT2D eigenvalue weighted by Gasteiger charge is 2.34. The van der Waals surface area contributed by atoms with Gasteiger partial charge in [-0.15, -0.1) is 11.3 Å². The third kappa shape index (κ3) is 4.37. The van der Waals surface area contributed by atoms with Crippen molar-refractivity contribution in [3.63, 3.8) is 0 Å². The molecule has 150 valence electrons. The summed E-state index contributed by atoms with van der Waals surface area (Å²) in [6, 6.07) is 21.0. The first-order valence-electron chi connectivity index (χ1n) is 9.35. The average Bonchev–Trinajstić information content (AvgIpc) is 3.36. The van der Waals surface area contributed by atoms with Gasteiger partial charge >= 0.3 is 0 Å². The number of benzene rings is 2. The van der Waals surface area contributed by atoms with Crippen LogP contribution in [0.25, 0.3) is 17.2 Å². The molecule has 1 N–H and O–H groups in total. The van der Waals surface area contributed by atoms with Crippen molar-refractivity contribution in [1.82, 2.24) is 10.2 Å². The summed E-state index contributed by atoms with van der Waals surface area (Å²) in [6.45, 7) is 0.330. The van der Waals surface area contributed by atoms with Crippen molar-refractivity contribution in [3.05, 3.63) is 87.5 Å². The summed E-state index contributed by atoms with van der Waals surface area (Å²) in [5, 5.41) is 4.38. The fraction of sp³-hybridized carbons (Fsp3) is 0.0870. The molecule has 0 saturated carbocycles. The standard InChI is InChI=1S/C23H18N2O3S2/c26-21(20-18(11-14-29-20)17-9-5-2-6-10-17)24-12-13-25-22(27)19(30-23(25)28)15-16-7-3-1-4-8-16/h1-11,14-15H,12-13H2,(H,24,26). The van der Waals surface area contributed by atoms with Gasteiger partial charge in [0.1, 0.15) is 0 Å². The first-order chi connectivity index (χ1) is 14.6. The maximum absolute atomic E-state index is 12.6. The minimum Gasteiger partial charge on any atom is -0.350 e. The summed E-state index contributed by atoms with van der Waals surface area (Å²) >= 11 is 2.29. The number of hydrogen-bond donors (Lipinski definition) is 1. The molecule has 4 rings (SSSR count). The fourth-order valence-corrected chi connectivity index (χ4v) is 4.78. The molecule has 0 aliphatic carbocycles. The van der Waals surface area contributed by atoms with E-state index in [1.165, 1.54) is 16.2 Å². The highest BCUT2D eigenvalue weighted by molar-refractivity contribution is 8.18. The maximum Gasteiger partial charge on any atom is 0.293 e. The molecule has 1 saturated heterocycles. The summed E-state index contributed by atoms with van der Waals surface area (Å²) in [5.74, 6) is -0.542. The van der Waals surface area contributed by atoms with Crippen LogP contribution in [-0.2, 0) is 4.79 Å². The molecular weight excluding hydrogens is 416 g/mol. The van der Waals surface area contributed by atoms with E-state index in [0.717, 1.165) is 28.5 Å².